The zero-order valence-electron chi connectivity index (χ0n) is 8.67. The molecule has 0 aliphatic carbocycles. The van der Waals surface area contributed by atoms with Gasteiger partial charge in [0.2, 0.25) is 0 Å². The molecule has 0 fully saturated rings. The third-order valence-corrected chi connectivity index (χ3v) is 2.70. The lowest BCUT2D eigenvalue weighted by Gasteiger charge is -2.04. The van der Waals surface area contributed by atoms with Crippen LogP contribution in [0.5, 0.6) is 0 Å². The van der Waals surface area contributed by atoms with Crippen LogP contribution in [0.3, 0.4) is 0 Å². The second-order valence-corrected chi connectivity index (χ2v) is 4.58. The van der Waals surface area contributed by atoms with Gasteiger partial charge in [0, 0.05) is 15.8 Å². The van der Waals surface area contributed by atoms with Gasteiger partial charge in [-0.15, -0.1) is 0 Å². The lowest BCUT2D eigenvalue weighted by atomic mass is 10.2. The first-order chi connectivity index (χ1) is 8.19. The van der Waals surface area contributed by atoms with E-state index in [0.29, 0.717) is 12.2 Å². The Morgan fingerprint density at radius 2 is 2.29 bits per heavy atom. The zero-order valence-corrected chi connectivity index (χ0v) is 10.8. The molecule has 0 aliphatic rings. The Hall–Kier alpha value is -1.75. The minimum absolute atomic E-state index is 0.160. The number of pyridine rings is 1. The molecule has 0 bridgehead atoms. The molecule has 0 aliphatic heterocycles. The van der Waals surface area contributed by atoms with Crippen LogP contribution in [0.4, 0.5) is 0 Å². The number of aromatic nitrogens is 3. The van der Waals surface area contributed by atoms with Crippen molar-refractivity contribution in [2.75, 3.05) is 0 Å². The molecule has 0 radical (unpaired) electrons. The fraction of sp³-hybridized carbons (Fsp3) is 0.0909. The van der Waals surface area contributed by atoms with Crippen molar-refractivity contribution >= 4 is 22.6 Å². The molecule has 0 saturated carbocycles. The monoisotopic (exact) mass is 338 g/mol. The largest absolute Gasteiger partial charge is 0.268 e. The van der Waals surface area contributed by atoms with Crippen molar-refractivity contribution in [2.24, 2.45) is 0 Å². The molecule has 0 N–H and O–H groups in total. The summed E-state index contributed by atoms with van der Waals surface area (Å²) in [4.78, 5) is 15.5. The predicted octanol–water partition coefficient (Wildman–Crippen LogP) is 1.16. The minimum atomic E-state index is -0.160. The van der Waals surface area contributed by atoms with E-state index in [4.69, 9.17) is 5.26 Å². The van der Waals surface area contributed by atoms with Gasteiger partial charge in [0.1, 0.15) is 11.8 Å². The predicted molar refractivity (Wildman–Crippen MR) is 69.3 cm³/mol. The van der Waals surface area contributed by atoms with E-state index >= 15 is 0 Å². The van der Waals surface area contributed by atoms with Crippen LogP contribution in [0.25, 0.3) is 0 Å². The van der Waals surface area contributed by atoms with E-state index < -0.39 is 0 Å². The first-order valence-corrected chi connectivity index (χ1v) is 5.84. The maximum atomic E-state index is 11.6. The molecular weight excluding hydrogens is 331 g/mol. The van der Waals surface area contributed by atoms with Crippen LogP contribution in [0.15, 0.2) is 35.4 Å². The number of rotatable bonds is 2. The zero-order chi connectivity index (χ0) is 12.3. The summed E-state index contributed by atoms with van der Waals surface area (Å²) in [6.45, 7) is 0.340. The highest BCUT2D eigenvalue weighted by atomic mass is 127. The highest BCUT2D eigenvalue weighted by Crippen LogP contribution is 2.02. The molecule has 2 heterocycles. The summed E-state index contributed by atoms with van der Waals surface area (Å²) in [6, 6.07) is 6.87. The molecule has 0 saturated heterocycles. The van der Waals surface area contributed by atoms with Crippen molar-refractivity contribution < 1.29 is 0 Å². The minimum Gasteiger partial charge on any atom is -0.268 e. The van der Waals surface area contributed by atoms with E-state index in [1.807, 2.05) is 28.7 Å². The lowest BCUT2D eigenvalue weighted by Crippen LogP contribution is -2.22. The fourth-order valence-corrected chi connectivity index (χ4v) is 1.73. The average Bonchev–Trinajstić information content (AvgIpc) is 2.33. The van der Waals surface area contributed by atoms with Crippen LogP contribution >= 0.6 is 22.6 Å². The van der Waals surface area contributed by atoms with Gasteiger partial charge in [0.15, 0.2) is 0 Å². The number of nitrogens with zero attached hydrogens (tertiary/aromatic N) is 4. The molecule has 2 aromatic heterocycles. The summed E-state index contributed by atoms with van der Waals surface area (Å²) in [7, 11) is 0. The van der Waals surface area contributed by atoms with Crippen molar-refractivity contribution in [3.63, 3.8) is 0 Å². The number of hydrogen-bond donors (Lipinski definition) is 0. The summed E-state index contributed by atoms with van der Waals surface area (Å²) in [5.41, 5.74) is 1.00. The second-order valence-electron chi connectivity index (χ2n) is 3.33. The molecule has 0 aromatic carbocycles. The van der Waals surface area contributed by atoms with Crippen LogP contribution < -0.4 is 5.56 Å². The van der Waals surface area contributed by atoms with Crippen LogP contribution in [0, 0.1) is 14.9 Å². The number of halogens is 1. The molecule has 84 valence electrons. The van der Waals surface area contributed by atoms with Crippen molar-refractivity contribution in [1.29, 1.82) is 5.26 Å². The van der Waals surface area contributed by atoms with E-state index in [-0.39, 0.29) is 5.56 Å². The summed E-state index contributed by atoms with van der Waals surface area (Å²) < 4.78 is 2.15. The van der Waals surface area contributed by atoms with Gasteiger partial charge in [-0.1, -0.05) is 0 Å². The van der Waals surface area contributed by atoms with Gasteiger partial charge in [0.05, 0.1) is 12.7 Å². The molecule has 6 heteroatoms. The molecule has 2 rings (SSSR count). The fourth-order valence-electron chi connectivity index (χ4n) is 1.34. The molecule has 0 amide bonds. The van der Waals surface area contributed by atoms with Gasteiger partial charge in [-0.3, -0.25) is 4.79 Å². The van der Waals surface area contributed by atoms with Gasteiger partial charge in [-0.25, -0.2) is 9.67 Å². The van der Waals surface area contributed by atoms with E-state index in [2.05, 4.69) is 10.1 Å². The molecule has 0 unspecified atom stereocenters. The summed E-state index contributed by atoms with van der Waals surface area (Å²) >= 11 is 2.04. The highest BCUT2D eigenvalue weighted by Gasteiger charge is 2.01. The van der Waals surface area contributed by atoms with Gasteiger partial charge >= 0.3 is 0 Å². The van der Waals surface area contributed by atoms with Crippen LogP contribution in [-0.4, -0.2) is 14.8 Å². The molecule has 17 heavy (non-hydrogen) atoms. The van der Waals surface area contributed by atoms with E-state index in [9.17, 15) is 4.79 Å². The molecule has 2 aromatic rings. The van der Waals surface area contributed by atoms with Gasteiger partial charge in [-0.2, -0.15) is 10.4 Å². The first-order valence-electron chi connectivity index (χ1n) is 4.77. The van der Waals surface area contributed by atoms with Gasteiger partial charge in [0.25, 0.3) is 5.56 Å². The number of nitriles is 1. The molecule has 5 nitrogen and oxygen atoms in total. The Labute approximate surface area is 111 Å². The third kappa shape index (κ3) is 2.88. The Kier molecular flexibility index (Phi) is 3.49. The van der Waals surface area contributed by atoms with E-state index in [0.717, 1.165) is 9.13 Å². The van der Waals surface area contributed by atoms with Crippen LogP contribution in [0.1, 0.15) is 11.3 Å². The maximum absolute atomic E-state index is 11.6. The topological polar surface area (TPSA) is 71.6 Å². The Morgan fingerprint density at radius 1 is 1.47 bits per heavy atom. The normalized spacial score (nSPS) is 9.88. The smallest absolute Gasteiger partial charge is 0.268 e. The van der Waals surface area contributed by atoms with E-state index in [1.54, 1.807) is 24.5 Å². The number of hydrogen-bond acceptors (Lipinski definition) is 4. The molecule has 0 atom stereocenters. The van der Waals surface area contributed by atoms with Crippen molar-refractivity contribution in [1.82, 2.24) is 14.8 Å². The van der Waals surface area contributed by atoms with Crippen LogP contribution in [0.2, 0.25) is 0 Å². The lowest BCUT2D eigenvalue weighted by molar-refractivity contribution is 0.636. The Balaban J connectivity index is 2.32. The summed E-state index contributed by atoms with van der Waals surface area (Å²) in [6.07, 6.45) is 3.17. The van der Waals surface area contributed by atoms with Crippen molar-refractivity contribution in [3.05, 3.63) is 55.8 Å². The third-order valence-electron chi connectivity index (χ3n) is 2.11. The standard InChI is InChI=1S/C11H7IN4O/c12-9-4-11(17)16(15-6-9)7-8-1-2-14-10(3-8)5-13/h1-4,6H,7H2. The van der Waals surface area contributed by atoms with Gasteiger partial charge in [-0.05, 0) is 40.3 Å². The Bertz CT molecular complexity index is 644. The Morgan fingerprint density at radius 3 is 3.00 bits per heavy atom. The van der Waals surface area contributed by atoms with Gasteiger partial charge < -0.3 is 0 Å². The quantitative estimate of drug-likeness (QED) is 0.771. The van der Waals surface area contributed by atoms with E-state index in [1.165, 1.54) is 10.7 Å². The summed E-state index contributed by atoms with van der Waals surface area (Å²) in [5, 5.41) is 12.7. The molecule has 0 spiro atoms. The van der Waals surface area contributed by atoms with Crippen molar-refractivity contribution in [3.8, 4) is 6.07 Å². The second kappa shape index (κ2) is 5.05. The SMILES string of the molecule is N#Cc1cc(Cn2ncc(I)cc2=O)ccn1. The average molecular weight is 338 g/mol. The van der Waals surface area contributed by atoms with Crippen LogP contribution in [-0.2, 0) is 6.54 Å². The maximum Gasteiger partial charge on any atom is 0.268 e. The first kappa shape index (κ1) is 11.7. The highest BCUT2D eigenvalue weighted by molar-refractivity contribution is 14.1. The van der Waals surface area contributed by atoms with Crippen molar-refractivity contribution in [2.45, 2.75) is 6.54 Å². The molecular formula is C11H7IN4O. The summed E-state index contributed by atoms with van der Waals surface area (Å²) in [5.74, 6) is 0.